The predicted molar refractivity (Wildman–Crippen MR) is 132 cm³/mol. The summed E-state index contributed by atoms with van der Waals surface area (Å²) in [5.74, 6) is -2.92. The molecule has 174 valence electrons. The third-order valence-corrected chi connectivity index (χ3v) is 8.16. The molecule has 1 fully saturated rings. The van der Waals surface area contributed by atoms with E-state index < -0.39 is 17.8 Å². The van der Waals surface area contributed by atoms with E-state index in [4.69, 9.17) is 0 Å². The molecule has 4 atom stereocenters. The van der Waals surface area contributed by atoms with Crippen molar-refractivity contribution < 1.29 is 24.3 Å². The van der Waals surface area contributed by atoms with Crippen LogP contribution in [-0.4, -0.2) is 28.5 Å². The van der Waals surface area contributed by atoms with Crippen LogP contribution >= 0.6 is 15.9 Å². The van der Waals surface area contributed by atoms with Crippen molar-refractivity contribution in [1.82, 2.24) is 0 Å². The monoisotopic (exact) mass is 529 g/mol. The van der Waals surface area contributed by atoms with Gasteiger partial charge in [0.15, 0.2) is 11.6 Å². The minimum atomic E-state index is -0.607. The number of halogens is 1. The molecule has 1 aliphatic heterocycles. The Bertz CT molecular complexity index is 1400. The van der Waals surface area contributed by atoms with Gasteiger partial charge in [-0.15, -0.1) is 0 Å². The van der Waals surface area contributed by atoms with E-state index in [9.17, 15) is 24.3 Å². The second-order valence-electron chi connectivity index (χ2n) is 9.33. The minimum absolute atomic E-state index is 0.0942. The fourth-order valence-corrected chi connectivity index (χ4v) is 6.53. The van der Waals surface area contributed by atoms with E-state index in [0.717, 1.165) is 11.1 Å². The largest absolute Gasteiger partial charge is 0.508 e. The lowest BCUT2D eigenvalue weighted by Crippen LogP contribution is -2.39. The summed E-state index contributed by atoms with van der Waals surface area (Å²) in [4.78, 5) is 54.7. The topological polar surface area (TPSA) is 91.8 Å². The Kier molecular flexibility index (Phi) is 5.00. The molecule has 7 heteroatoms. The summed E-state index contributed by atoms with van der Waals surface area (Å²) in [7, 11) is 0. The molecule has 2 amide bonds. The minimum Gasteiger partial charge on any atom is -0.508 e. The average molecular weight is 530 g/mol. The van der Waals surface area contributed by atoms with E-state index in [-0.39, 0.29) is 46.0 Å². The SMILES string of the molecule is O=C1C=C(Br)C(=O)C2=C1[C@@H](c1ccc(O)cc1)C1=CC[C@@H]3C(=O)N(c4ccccc4)C(=O)[C@@H]3[C@@H]1C2. The van der Waals surface area contributed by atoms with E-state index in [1.165, 1.54) is 11.0 Å². The third kappa shape index (κ3) is 3.22. The lowest BCUT2D eigenvalue weighted by atomic mass is 9.59. The lowest BCUT2D eigenvalue weighted by molar-refractivity contribution is -0.123. The fraction of sp³-hybridized carbons (Fsp3) is 0.214. The Balaban J connectivity index is 1.49. The van der Waals surface area contributed by atoms with E-state index in [1.54, 1.807) is 48.5 Å². The number of ketones is 2. The summed E-state index contributed by atoms with van der Waals surface area (Å²) in [6, 6.07) is 15.5. The van der Waals surface area contributed by atoms with Gasteiger partial charge in [-0.2, -0.15) is 0 Å². The van der Waals surface area contributed by atoms with Crippen molar-refractivity contribution in [2.75, 3.05) is 4.90 Å². The first-order valence-corrected chi connectivity index (χ1v) is 12.3. The summed E-state index contributed by atoms with van der Waals surface area (Å²) in [5, 5.41) is 9.82. The van der Waals surface area contributed by atoms with Gasteiger partial charge in [-0.05, 0) is 64.5 Å². The second-order valence-corrected chi connectivity index (χ2v) is 10.2. The number of imide groups is 1. The first kappa shape index (κ1) is 21.9. The molecular weight excluding hydrogens is 510 g/mol. The standard InChI is InChI=1S/C28H20BrNO5/c29-21-13-22(32)25-20(26(21)33)12-19-17(23(25)14-6-8-16(31)9-7-14)10-11-18-24(19)28(35)30(27(18)34)15-4-2-1-3-5-15/h1-10,13,18-19,23-24,31H,11-12H2/t18-,19+,23-,24-/m0/s1. The number of carbonyl (C=O) groups excluding carboxylic acids is 4. The van der Waals surface area contributed by atoms with Crippen molar-refractivity contribution in [3.63, 3.8) is 0 Å². The number of anilines is 1. The zero-order chi connectivity index (χ0) is 24.4. The van der Waals surface area contributed by atoms with Crippen LogP contribution in [0.25, 0.3) is 0 Å². The maximum Gasteiger partial charge on any atom is 0.238 e. The molecular formula is C28H20BrNO5. The Labute approximate surface area is 209 Å². The molecule has 0 spiro atoms. The van der Waals surface area contributed by atoms with Crippen molar-refractivity contribution in [2.45, 2.75) is 18.8 Å². The van der Waals surface area contributed by atoms with Crippen molar-refractivity contribution >= 4 is 45.0 Å². The summed E-state index contributed by atoms with van der Waals surface area (Å²) in [6.45, 7) is 0. The average Bonchev–Trinajstić information content (AvgIpc) is 3.12. The summed E-state index contributed by atoms with van der Waals surface area (Å²) >= 11 is 3.23. The number of phenolic OH excluding ortho intramolecular Hbond substituents is 1. The first-order chi connectivity index (χ1) is 16.9. The summed E-state index contributed by atoms with van der Waals surface area (Å²) in [5.41, 5.74) is 3.00. The van der Waals surface area contributed by atoms with Crippen LogP contribution in [0.1, 0.15) is 24.3 Å². The Morgan fingerprint density at radius 1 is 0.886 bits per heavy atom. The first-order valence-electron chi connectivity index (χ1n) is 11.5. The van der Waals surface area contributed by atoms with Gasteiger partial charge in [0.1, 0.15) is 5.75 Å². The van der Waals surface area contributed by atoms with Crippen LogP contribution in [0, 0.1) is 17.8 Å². The molecule has 1 saturated heterocycles. The highest BCUT2D eigenvalue weighted by Crippen LogP contribution is 2.55. The highest BCUT2D eigenvalue weighted by Gasteiger charge is 2.56. The Morgan fingerprint density at radius 3 is 2.31 bits per heavy atom. The number of aromatic hydroxyl groups is 1. The van der Waals surface area contributed by atoms with Gasteiger partial charge in [0.25, 0.3) is 0 Å². The maximum atomic E-state index is 13.7. The zero-order valence-electron chi connectivity index (χ0n) is 18.5. The molecule has 0 aromatic heterocycles. The quantitative estimate of drug-likeness (QED) is 0.354. The van der Waals surface area contributed by atoms with Crippen LogP contribution in [0.2, 0.25) is 0 Å². The molecule has 1 N–H and O–H groups in total. The number of para-hydroxylation sites is 1. The number of hydrogen-bond donors (Lipinski definition) is 1. The highest BCUT2D eigenvalue weighted by atomic mass is 79.9. The number of benzene rings is 2. The van der Waals surface area contributed by atoms with Gasteiger partial charge in [0, 0.05) is 23.1 Å². The number of Topliss-reactive ketones (excluding diaryl/α,β-unsaturated/α-hetero) is 1. The molecule has 6 nitrogen and oxygen atoms in total. The van der Waals surface area contributed by atoms with Crippen LogP contribution in [0.4, 0.5) is 5.69 Å². The van der Waals surface area contributed by atoms with Crippen LogP contribution in [0.15, 0.2) is 88.0 Å². The third-order valence-electron chi connectivity index (χ3n) is 7.57. The normalized spacial score (nSPS) is 27.9. The van der Waals surface area contributed by atoms with Gasteiger partial charge in [0.05, 0.1) is 22.0 Å². The van der Waals surface area contributed by atoms with Crippen molar-refractivity contribution in [3.8, 4) is 5.75 Å². The second kappa shape index (κ2) is 7.99. The maximum absolute atomic E-state index is 13.7. The number of nitrogens with zero attached hydrogens (tertiary/aromatic N) is 1. The summed E-state index contributed by atoms with van der Waals surface area (Å²) < 4.78 is 0.199. The van der Waals surface area contributed by atoms with E-state index in [1.807, 2.05) is 12.1 Å². The molecule has 2 aromatic rings. The van der Waals surface area contributed by atoms with Gasteiger partial charge in [-0.25, -0.2) is 0 Å². The molecule has 35 heavy (non-hydrogen) atoms. The number of fused-ring (bicyclic) bond motifs is 3. The number of hydrogen-bond acceptors (Lipinski definition) is 5. The van der Waals surface area contributed by atoms with Crippen molar-refractivity contribution in [1.29, 1.82) is 0 Å². The van der Waals surface area contributed by atoms with E-state index in [0.29, 0.717) is 23.3 Å². The fourth-order valence-electron chi connectivity index (χ4n) is 6.08. The Hall–Kier alpha value is -3.58. The van der Waals surface area contributed by atoms with Gasteiger partial charge in [-0.3, -0.25) is 24.1 Å². The molecule has 3 aliphatic carbocycles. The van der Waals surface area contributed by atoms with Crippen molar-refractivity contribution in [2.24, 2.45) is 17.8 Å². The van der Waals surface area contributed by atoms with Crippen LogP contribution in [-0.2, 0) is 19.2 Å². The zero-order valence-corrected chi connectivity index (χ0v) is 20.1. The van der Waals surface area contributed by atoms with Gasteiger partial charge in [0.2, 0.25) is 11.8 Å². The smallest absolute Gasteiger partial charge is 0.238 e. The van der Waals surface area contributed by atoms with Gasteiger partial charge >= 0.3 is 0 Å². The predicted octanol–water partition coefficient (Wildman–Crippen LogP) is 4.36. The number of allylic oxidation sites excluding steroid dienone is 6. The number of carbonyl (C=O) groups is 4. The van der Waals surface area contributed by atoms with Gasteiger partial charge in [-0.1, -0.05) is 42.0 Å². The highest BCUT2D eigenvalue weighted by molar-refractivity contribution is 9.12. The van der Waals surface area contributed by atoms with E-state index in [2.05, 4.69) is 15.9 Å². The molecule has 2 aromatic carbocycles. The van der Waals surface area contributed by atoms with Gasteiger partial charge < -0.3 is 5.11 Å². The van der Waals surface area contributed by atoms with Crippen LogP contribution in [0.3, 0.4) is 0 Å². The number of amides is 2. The molecule has 0 saturated carbocycles. The molecule has 4 aliphatic rings. The molecule has 1 heterocycles. The summed E-state index contributed by atoms with van der Waals surface area (Å²) in [6.07, 6.45) is 3.91. The van der Waals surface area contributed by atoms with Crippen LogP contribution in [0.5, 0.6) is 5.75 Å². The van der Waals surface area contributed by atoms with Crippen LogP contribution < -0.4 is 4.90 Å². The Morgan fingerprint density at radius 2 is 1.60 bits per heavy atom. The van der Waals surface area contributed by atoms with E-state index >= 15 is 0 Å². The van der Waals surface area contributed by atoms with Crippen molar-refractivity contribution in [3.05, 3.63) is 93.5 Å². The molecule has 0 bridgehead atoms. The number of phenols is 1. The lowest BCUT2D eigenvalue weighted by Gasteiger charge is -2.42. The number of rotatable bonds is 2. The molecule has 0 radical (unpaired) electrons. The molecule has 0 unspecified atom stereocenters. The molecule has 6 rings (SSSR count).